The highest BCUT2D eigenvalue weighted by atomic mass is 16.5. The Morgan fingerprint density at radius 1 is 1.20 bits per heavy atom. The van der Waals surface area contributed by atoms with Gasteiger partial charge in [-0.15, -0.1) is 0 Å². The van der Waals surface area contributed by atoms with Gasteiger partial charge in [0, 0.05) is 0 Å². The van der Waals surface area contributed by atoms with Crippen LogP contribution in [0.1, 0.15) is 15.9 Å². The molecule has 0 aliphatic rings. The van der Waals surface area contributed by atoms with Crippen molar-refractivity contribution in [3.63, 3.8) is 0 Å². The zero-order valence-corrected chi connectivity index (χ0v) is 10.8. The van der Waals surface area contributed by atoms with E-state index in [1.165, 1.54) is 13.2 Å². The van der Waals surface area contributed by atoms with Crippen LogP contribution in [0.25, 0.3) is 0 Å². The van der Waals surface area contributed by atoms with Gasteiger partial charge >= 0.3 is 5.97 Å². The third kappa shape index (κ3) is 2.87. The highest BCUT2D eigenvalue weighted by molar-refractivity contribution is 5.90. The number of nitrogens with zero attached hydrogens (tertiary/aromatic N) is 1. The van der Waals surface area contributed by atoms with Crippen LogP contribution in [0.15, 0.2) is 42.5 Å². The SMILES string of the molecule is COC(=O)c1ccc(N)c(Oc2ccc(C#N)cc2)c1. The Hall–Kier alpha value is -3.00. The predicted molar refractivity (Wildman–Crippen MR) is 73.4 cm³/mol. The van der Waals surface area contributed by atoms with Gasteiger partial charge < -0.3 is 15.2 Å². The molecule has 5 heteroatoms. The highest BCUT2D eigenvalue weighted by Gasteiger charge is 2.10. The Bertz CT molecular complexity index is 673. The van der Waals surface area contributed by atoms with Gasteiger partial charge in [0.15, 0.2) is 5.75 Å². The van der Waals surface area contributed by atoms with E-state index in [2.05, 4.69) is 4.74 Å². The number of carbonyl (C=O) groups excluding carboxylic acids is 1. The smallest absolute Gasteiger partial charge is 0.337 e. The number of carbonyl (C=O) groups is 1. The average Bonchev–Trinajstić information content (AvgIpc) is 2.49. The van der Waals surface area contributed by atoms with Crippen LogP contribution in [0.4, 0.5) is 5.69 Å². The lowest BCUT2D eigenvalue weighted by Crippen LogP contribution is -2.02. The third-order valence-corrected chi connectivity index (χ3v) is 2.65. The van der Waals surface area contributed by atoms with E-state index in [0.29, 0.717) is 28.3 Å². The van der Waals surface area contributed by atoms with Gasteiger partial charge in [0.25, 0.3) is 0 Å². The van der Waals surface area contributed by atoms with Gasteiger partial charge in [0.1, 0.15) is 5.75 Å². The van der Waals surface area contributed by atoms with E-state index in [1.807, 2.05) is 6.07 Å². The highest BCUT2D eigenvalue weighted by Crippen LogP contribution is 2.28. The number of rotatable bonds is 3. The molecule has 2 N–H and O–H groups in total. The number of nitriles is 1. The standard InChI is InChI=1S/C15H12N2O3/c1-19-15(18)11-4-7-13(17)14(8-11)20-12-5-2-10(9-16)3-6-12/h2-8H,17H2,1H3. The maximum Gasteiger partial charge on any atom is 0.337 e. The van der Waals surface area contributed by atoms with Crippen molar-refractivity contribution in [1.29, 1.82) is 5.26 Å². The molecule has 0 amide bonds. The van der Waals surface area contributed by atoms with E-state index in [1.54, 1.807) is 36.4 Å². The van der Waals surface area contributed by atoms with E-state index >= 15 is 0 Å². The Labute approximate surface area is 116 Å². The maximum atomic E-state index is 11.5. The summed E-state index contributed by atoms with van der Waals surface area (Å²) in [4.78, 5) is 11.5. The normalized spacial score (nSPS) is 9.60. The summed E-state index contributed by atoms with van der Waals surface area (Å²) in [6.07, 6.45) is 0. The Kier molecular flexibility index (Phi) is 3.87. The van der Waals surface area contributed by atoms with Crippen molar-refractivity contribution in [3.8, 4) is 17.6 Å². The van der Waals surface area contributed by atoms with E-state index in [4.69, 9.17) is 15.7 Å². The summed E-state index contributed by atoms with van der Waals surface area (Å²) in [5, 5.41) is 8.72. The van der Waals surface area contributed by atoms with E-state index in [-0.39, 0.29) is 0 Å². The van der Waals surface area contributed by atoms with Gasteiger partial charge in [0.2, 0.25) is 0 Å². The molecule has 0 fully saturated rings. The molecule has 0 saturated heterocycles. The van der Waals surface area contributed by atoms with Crippen LogP contribution in [0.5, 0.6) is 11.5 Å². The van der Waals surface area contributed by atoms with Crippen molar-refractivity contribution < 1.29 is 14.3 Å². The van der Waals surface area contributed by atoms with Crippen LogP contribution < -0.4 is 10.5 Å². The first-order chi connectivity index (χ1) is 9.63. The fourth-order valence-electron chi connectivity index (χ4n) is 1.59. The molecule has 0 atom stereocenters. The predicted octanol–water partition coefficient (Wildman–Crippen LogP) is 2.72. The Morgan fingerprint density at radius 3 is 2.50 bits per heavy atom. The second-order valence-electron chi connectivity index (χ2n) is 3.98. The molecule has 0 aliphatic carbocycles. The molecule has 2 rings (SSSR count). The lowest BCUT2D eigenvalue weighted by molar-refractivity contribution is 0.0600. The van der Waals surface area contributed by atoms with Crippen molar-refractivity contribution in [2.75, 3.05) is 12.8 Å². The lowest BCUT2D eigenvalue weighted by atomic mass is 10.2. The summed E-state index contributed by atoms with van der Waals surface area (Å²) in [7, 11) is 1.31. The fourth-order valence-corrected chi connectivity index (χ4v) is 1.59. The lowest BCUT2D eigenvalue weighted by Gasteiger charge is -2.09. The Morgan fingerprint density at radius 2 is 1.90 bits per heavy atom. The van der Waals surface area contributed by atoms with Crippen LogP contribution in [-0.4, -0.2) is 13.1 Å². The van der Waals surface area contributed by atoms with Gasteiger partial charge in [0.05, 0.1) is 30.0 Å². The number of nitrogens with two attached hydrogens (primary N) is 1. The molecule has 0 unspecified atom stereocenters. The van der Waals surface area contributed by atoms with Crippen molar-refractivity contribution >= 4 is 11.7 Å². The molecule has 0 heterocycles. The minimum atomic E-state index is -0.463. The summed E-state index contributed by atoms with van der Waals surface area (Å²) < 4.78 is 10.2. The molecular formula is C15H12N2O3. The van der Waals surface area contributed by atoms with Crippen LogP contribution in [-0.2, 0) is 4.74 Å². The molecule has 2 aromatic carbocycles. The summed E-state index contributed by atoms with van der Waals surface area (Å²) in [5.74, 6) is 0.421. The van der Waals surface area contributed by atoms with Crippen molar-refractivity contribution in [2.24, 2.45) is 0 Å². The maximum absolute atomic E-state index is 11.5. The first kappa shape index (κ1) is 13.4. The summed E-state index contributed by atoms with van der Waals surface area (Å²) in [6.45, 7) is 0. The second-order valence-corrected chi connectivity index (χ2v) is 3.98. The van der Waals surface area contributed by atoms with Crippen LogP contribution >= 0.6 is 0 Å². The molecule has 0 aliphatic heterocycles. The molecule has 2 aromatic rings. The second kappa shape index (κ2) is 5.76. The number of benzene rings is 2. The molecule has 0 spiro atoms. The number of methoxy groups -OCH3 is 1. The summed E-state index contributed by atoms with van der Waals surface area (Å²) in [6, 6.07) is 13.3. The number of nitrogen functional groups attached to an aromatic ring is 1. The van der Waals surface area contributed by atoms with Gasteiger partial charge in [-0.2, -0.15) is 5.26 Å². The number of ether oxygens (including phenoxy) is 2. The van der Waals surface area contributed by atoms with Crippen molar-refractivity contribution in [1.82, 2.24) is 0 Å². The number of hydrogen-bond acceptors (Lipinski definition) is 5. The molecule has 100 valence electrons. The van der Waals surface area contributed by atoms with Crippen LogP contribution in [0, 0.1) is 11.3 Å². The topological polar surface area (TPSA) is 85.3 Å². The van der Waals surface area contributed by atoms with Gasteiger partial charge in [-0.3, -0.25) is 0 Å². The minimum absolute atomic E-state index is 0.352. The van der Waals surface area contributed by atoms with Crippen molar-refractivity contribution in [2.45, 2.75) is 0 Å². The number of hydrogen-bond donors (Lipinski definition) is 1. The molecule has 0 radical (unpaired) electrons. The number of anilines is 1. The first-order valence-electron chi connectivity index (χ1n) is 5.80. The monoisotopic (exact) mass is 268 g/mol. The van der Waals surface area contributed by atoms with Gasteiger partial charge in [-0.05, 0) is 42.5 Å². The zero-order valence-electron chi connectivity index (χ0n) is 10.8. The minimum Gasteiger partial charge on any atom is -0.465 e. The third-order valence-electron chi connectivity index (χ3n) is 2.65. The van der Waals surface area contributed by atoms with E-state index < -0.39 is 5.97 Å². The van der Waals surface area contributed by atoms with E-state index in [0.717, 1.165) is 0 Å². The molecule has 0 bridgehead atoms. The molecule has 5 nitrogen and oxygen atoms in total. The summed E-state index contributed by atoms with van der Waals surface area (Å²) in [5.41, 5.74) is 7.10. The zero-order chi connectivity index (χ0) is 14.5. The summed E-state index contributed by atoms with van der Waals surface area (Å²) >= 11 is 0. The number of esters is 1. The average molecular weight is 268 g/mol. The first-order valence-corrected chi connectivity index (χ1v) is 5.80. The molecular weight excluding hydrogens is 256 g/mol. The molecule has 20 heavy (non-hydrogen) atoms. The largest absolute Gasteiger partial charge is 0.465 e. The van der Waals surface area contributed by atoms with Crippen LogP contribution in [0.2, 0.25) is 0 Å². The fraction of sp³-hybridized carbons (Fsp3) is 0.0667. The van der Waals surface area contributed by atoms with Gasteiger partial charge in [-0.25, -0.2) is 4.79 Å². The molecule has 0 aromatic heterocycles. The van der Waals surface area contributed by atoms with Crippen molar-refractivity contribution in [3.05, 3.63) is 53.6 Å². The van der Waals surface area contributed by atoms with Gasteiger partial charge in [-0.1, -0.05) is 0 Å². The van der Waals surface area contributed by atoms with E-state index in [9.17, 15) is 4.79 Å². The molecule has 0 saturated carbocycles. The Balaban J connectivity index is 2.27. The quantitative estimate of drug-likeness (QED) is 0.683. The van der Waals surface area contributed by atoms with Crippen LogP contribution in [0.3, 0.4) is 0 Å².